The van der Waals surface area contributed by atoms with Crippen molar-refractivity contribution >= 4 is 33.0 Å². The first-order valence-electron chi connectivity index (χ1n) is 7.43. The molecule has 1 heterocycles. The molecular weight excluding hydrogens is 340 g/mol. The summed E-state index contributed by atoms with van der Waals surface area (Å²) in [6.07, 6.45) is 0.510. The molecule has 8 heteroatoms. The molecule has 1 N–H and O–H groups in total. The van der Waals surface area contributed by atoms with Crippen LogP contribution in [0.1, 0.15) is 13.3 Å². The number of anilines is 1. The van der Waals surface area contributed by atoms with E-state index in [9.17, 15) is 13.2 Å². The summed E-state index contributed by atoms with van der Waals surface area (Å²) in [5, 5.41) is 3.47. The van der Waals surface area contributed by atoms with Crippen LogP contribution in [0.3, 0.4) is 0 Å². The van der Waals surface area contributed by atoms with Crippen molar-refractivity contribution in [3.05, 3.63) is 23.2 Å². The summed E-state index contributed by atoms with van der Waals surface area (Å²) < 4.78 is 28.2. The van der Waals surface area contributed by atoms with Crippen molar-refractivity contribution < 1.29 is 17.9 Å². The lowest BCUT2D eigenvalue weighted by atomic mass is 10.2. The number of benzene rings is 1. The van der Waals surface area contributed by atoms with Gasteiger partial charge in [0.25, 0.3) is 0 Å². The van der Waals surface area contributed by atoms with Gasteiger partial charge in [-0.1, -0.05) is 11.6 Å². The number of carbonyl (C=O) groups excluding carboxylic acids is 1. The number of rotatable bonds is 6. The number of amides is 1. The van der Waals surface area contributed by atoms with E-state index in [1.807, 2.05) is 6.92 Å². The van der Waals surface area contributed by atoms with E-state index in [1.165, 1.54) is 7.11 Å². The first-order valence-corrected chi connectivity index (χ1v) is 9.63. The zero-order valence-corrected chi connectivity index (χ0v) is 14.8. The first kappa shape index (κ1) is 17.9. The smallest absolute Gasteiger partial charge is 0.242 e. The monoisotopic (exact) mass is 360 g/mol. The standard InChI is InChI=1S/C15H21ClN2O4S/c1-3-18(12-6-7-23(20,21)10-12)15(19)9-17-11-4-5-14(22-2)13(16)8-11/h4-5,8,12,17H,3,6-7,9-10H2,1-2H3. The molecular formula is C15H21ClN2O4S. The maximum Gasteiger partial charge on any atom is 0.242 e. The molecule has 1 amide bonds. The van der Waals surface area contributed by atoms with Crippen LogP contribution >= 0.6 is 11.6 Å². The predicted octanol–water partition coefficient (Wildman–Crippen LogP) is 1.80. The van der Waals surface area contributed by atoms with Crippen LogP contribution in [0.15, 0.2) is 18.2 Å². The van der Waals surface area contributed by atoms with Crippen molar-refractivity contribution in [2.75, 3.05) is 37.0 Å². The van der Waals surface area contributed by atoms with E-state index in [4.69, 9.17) is 16.3 Å². The van der Waals surface area contributed by atoms with Gasteiger partial charge in [-0.05, 0) is 31.5 Å². The van der Waals surface area contributed by atoms with Gasteiger partial charge in [0.2, 0.25) is 5.91 Å². The van der Waals surface area contributed by atoms with Crippen LogP contribution in [0.4, 0.5) is 5.69 Å². The van der Waals surface area contributed by atoms with Crippen molar-refractivity contribution in [3.8, 4) is 5.75 Å². The molecule has 0 bridgehead atoms. The Balaban J connectivity index is 1.96. The summed E-state index contributed by atoms with van der Waals surface area (Å²) in [7, 11) is -1.48. The Morgan fingerprint density at radius 1 is 1.48 bits per heavy atom. The van der Waals surface area contributed by atoms with E-state index < -0.39 is 9.84 Å². The van der Waals surface area contributed by atoms with Gasteiger partial charge in [-0.2, -0.15) is 0 Å². The minimum absolute atomic E-state index is 0.0565. The third-order valence-corrected chi connectivity index (χ3v) is 5.95. The number of ether oxygens (including phenoxy) is 1. The topological polar surface area (TPSA) is 75.7 Å². The molecule has 1 aromatic rings. The van der Waals surface area contributed by atoms with Crippen molar-refractivity contribution in [1.29, 1.82) is 0 Å². The van der Waals surface area contributed by atoms with E-state index in [1.54, 1.807) is 23.1 Å². The Kier molecular flexibility index (Phi) is 5.75. The largest absolute Gasteiger partial charge is 0.495 e. The first-order chi connectivity index (χ1) is 10.9. The lowest BCUT2D eigenvalue weighted by Crippen LogP contribution is -2.43. The van der Waals surface area contributed by atoms with Crippen LogP contribution < -0.4 is 10.1 Å². The molecule has 6 nitrogen and oxygen atoms in total. The molecule has 23 heavy (non-hydrogen) atoms. The normalized spacial score (nSPS) is 19.3. The van der Waals surface area contributed by atoms with Crippen molar-refractivity contribution in [3.63, 3.8) is 0 Å². The fraction of sp³-hybridized carbons (Fsp3) is 0.533. The Bertz CT molecular complexity index is 678. The van der Waals surface area contributed by atoms with Gasteiger partial charge in [0.1, 0.15) is 5.75 Å². The number of methoxy groups -OCH3 is 1. The fourth-order valence-corrected chi connectivity index (χ4v) is 4.70. The highest BCUT2D eigenvalue weighted by molar-refractivity contribution is 7.91. The molecule has 1 fully saturated rings. The van der Waals surface area contributed by atoms with Crippen molar-refractivity contribution in [2.24, 2.45) is 0 Å². The molecule has 128 valence electrons. The summed E-state index contributed by atoms with van der Waals surface area (Å²) in [6.45, 7) is 2.43. The minimum atomic E-state index is -3.01. The van der Waals surface area contributed by atoms with Crippen LogP contribution in [0, 0.1) is 0 Å². The van der Waals surface area contributed by atoms with Gasteiger partial charge in [-0.25, -0.2) is 8.42 Å². The molecule has 0 aliphatic carbocycles. The molecule has 2 rings (SSSR count). The summed E-state index contributed by atoms with van der Waals surface area (Å²) in [5.74, 6) is 0.653. The molecule has 0 saturated carbocycles. The minimum Gasteiger partial charge on any atom is -0.495 e. The van der Waals surface area contributed by atoms with E-state index >= 15 is 0 Å². The van der Waals surface area contributed by atoms with Gasteiger partial charge in [0.15, 0.2) is 9.84 Å². The van der Waals surface area contributed by atoms with E-state index in [2.05, 4.69) is 5.32 Å². The number of halogens is 1. The number of likely N-dealkylation sites (N-methyl/N-ethyl adjacent to an activating group) is 1. The van der Waals surface area contributed by atoms with Gasteiger partial charge < -0.3 is 15.0 Å². The van der Waals surface area contributed by atoms with E-state index in [0.29, 0.717) is 29.4 Å². The molecule has 1 saturated heterocycles. The van der Waals surface area contributed by atoms with Gasteiger partial charge in [-0.3, -0.25) is 4.79 Å². The number of hydrogen-bond acceptors (Lipinski definition) is 5. The highest BCUT2D eigenvalue weighted by atomic mass is 35.5. The van der Waals surface area contributed by atoms with Crippen molar-refractivity contribution in [1.82, 2.24) is 4.90 Å². The molecule has 1 unspecified atom stereocenters. The Morgan fingerprint density at radius 3 is 2.74 bits per heavy atom. The van der Waals surface area contributed by atoms with Gasteiger partial charge in [0.05, 0.1) is 30.2 Å². The summed E-state index contributed by atoms with van der Waals surface area (Å²) >= 11 is 6.04. The van der Waals surface area contributed by atoms with Gasteiger partial charge in [-0.15, -0.1) is 0 Å². The fourth-order valence-electron chi connectivity index (χ4n) is 2.71. The second-order valence-electron chi connectivity index (χ2n) is 5.44. The average molecular weight is 361 g/mol. The Labute approximate surface area is 141 Å². The zero-order valence-electron chi connectivity index (χ0n) is 13.2. The average Bonchev–Trinajstić information content (AvgIpc) is 2.86. The summed E-state index contributed by atoms with van der Waals surface area (Å²) in [6, 6.07) is 4.95. The maximum absolute atomic E-state index is 12.4. The quantitative estimate of drug-likeness (QED) is 0.837. The third kappa shape index (κ3) is 4.51. The molecule has 1 aliphatic rings. The van der Waals surface area contributed by atoms with E-state index in [-0.39, 0.29) is 30.0 Å². The lowest BCUT2D eigenvalue weighted by Gasteiger charge is -2.27. The lowest BCUT2D eigenvalue weighted by molar-refractivity contribution is -0.130. The second kappa shape index (κ2) is 7.40. The Morgan fingerprint density at radius 2 is 2.22 bits per heavy atom. The number of sulfone groups is 1. The zero-order chi connectivity index (χ0) is 17.0. The van der Waals surface area contributed by atoms with Crippen molar-refractivity contribution in [2.45, 2.75) is 19.4 Å². The van der Waals surface area contributed by atoms with Gasteiger partial charge >= 0.3 is 0 Å². The number of nitrogens with one attached hydrogen (secondary N) is 1. The SMILES string of the molecule is CCN(C(=O)CNc1ccc(OC)c(Cl)c1)C1CCS(=O)(=O)C1. The summed E-state index contributed by atoms with van der Waals surface area (Å²) in [5.41, 5.74) is 0.708. The number of carbonyl (C=O) groups is 1. The van der Waals surface area contributed by atoms with Crippen LogP contribution in [0.25, 0.3) is 0 Å². The van der Waals surface area contributed by atoms with Crippen LogP contribution in [-0.2, 0) is 14.6 Å². The highest BCUT2D eigenvalue weighted by Gasteiger charge is 2.33. The van der Waals surface area contributed by atoms with Crippen LogP contribution in [0.5, 0.6) is 5.75 Å². The predicted molar refractivity (Wildman–Crippen MR) is 90.9 cm³/mol. The number of hydrogen-bond donors (Lipinski definition) is 1. The molecule has 0 aromatic heterocycles. The van der Waals surface area contributed by atoms with Gasteiger partial charge in [0, 0.05) is 18.3 Å². The van der Waals surface area contributed by atoms with E-state index in [0.717, 1.165) is 0 Å². The maximum atomic E-state index is 12.4. The van der Waals surface area contributed by atoms with Crippen LogP contribution in [0.2, 0.25) is 5.02 Å². The van der Waals surface area contributed by atoms with Crippen LogP contribution in [-0.4, -0.2) is 57.0 Å². The molecule has 1 aromatic carbocycles. The third-order valence-electron chi connectivity index (χ3n) is 3.91. The molecule has 0 spiro atoms. The number of nitrogens with zero attached hydrogens (tertiary/aromatic N) is 1. The second-order valence-corrected chi connectivity index (χ2v) is 8.08. The molecule has 0 radical (unpaired) electrons. The molecule has 1 aliphatic heterocycles. The summed E-state index contributed by atoms with van der Waals surface area (Å²) in [4.78, 5) is 14.0. The Hall–Kier alpha value is -1.47. The highest BCUT2D eigenvalue weighted by Crippen LogP contribution is 2.27. The molecule has 1 atom stereocenters.